The van der Waals surface area contributed by atoms with E-state index in [1.807, 2.05) is 0 Å². The number of hydrogen-bond donors (Lipinski definition) is 1. The second kappa shape index (κ2) is 3.96. The summed E-state index contributed by atoms with van der Waals surface area (Å²) in [5.41, 5.74) is 0. The molecule has 0 aromatic carbocycles. The van der Waals surface area contributed by atoms with Crippen LogP contribution in [-0.4, -0.2) is 36.6 Å². The summed E-state index contributed by atoms with van der Waals surface area (Å²) >= 11 is 0. The van der Waals surface area contributed by atoms with E-state index in [-0.39, 0.29) is 0 Å². The van der Waals surface area contributed by atoms with Gasteiger partial charge in [0.1, 0.15) is 0 Å². The Kier molecular flexibility index (Phi) is 2.52. The Labute approximate surface area is 105 Å². The maximum absolute atomic E-state index is 3.69. The van der Waals surface area contributed by atoms with E-state index in [2.05, 4.69) is 17.1 Å². The predicted octanol–water partition coefficient (Wildman–Crippen LogP) is 2.10. The van der Waals surface area contributed by atoms with Gasteiger partial charge in [0.05, 0.1) is 0 Å². The molecule has 5 unspecified atom stereocenters. The highest BCUT2D eigenvalue weighted by molar-refractivity contribution is 5.17. The van der Waals surface area contributed by atoms with Gasteiger partial charge in [-0.3, -0.25) is 4.90 Å². The predicted molar refractivity (Wildman–Crippen MR) is 69.9 cm³/mol. The zero-order chi connectivity index (χ0) is 11.4. The summed E-state index contributed by atoms with van der Waals surface area (Å²) in [6, 6.07) is 1.80. The van der Waals surface area contributed by atoms with E-state index in [4.69, 9.17) is 0 Å². The van der Waals surface area contributed by atoms with Crippen LogP contribution in [-0.2, 0) is 0 Å². The van der Waals surface area contributed by atoms with E-state index in [9.17, 15) is 0 Å². The average Bonchev–Trinajstić information content (AvgIpc) is 2.79. The molecule has 0 amide bonds. The van der Waals surface area contributed by atoms with Gasteiger partial charge in [0, 0.05) is 31.7 Å². The van der Waals surface area contributed by atoms with Crippen molar-refractivity contribution < 1.29 is 0 Å². The first kappa shape index (κ1) is 10.8. The number of rotatable bonds is 3. The molecule has 0 spiro atoms. The maximum atomic E-state index is 3.69. The summed E-state index contributed by atoms with van der Waals surface area (Å²) in [5, 5.41) is 3.69. The van der Waals surface area contributed by atoms with Crippen LogP contribution in [0.4, 0.5) is 0 Å². The standard InChI is InChI=1S/C15H26N2/c1-2-3-12-9-17(7-6-16-12)15-13-10-4-5-11(8-10)14(13)15/h10-16H,2-9H2,1H3. The zero-order valence-electron chi connectivity index (χ0n) is 11.1. The number of nitrogens with zero attached hydrogens (tertiary/aromatic N) is 1. The van der Waals surface area contributed by atoms with E-state index < -0.39 is 0 Å². The van der Waals surface area contributed by atoms with Crippen LogP contribution >= 0.6 is 0 Å². The smallest absolute Gasteiger partial charge is 0.0195 e. The van der Waals surface area contributed by atoms with Crippen LogP contribution in [0, 0.1) is 23.7 Å². The molecule has 2 heteroatoms. The molecule has 0 aromatic heterocycles. The normalized spacial score (nSPS) is 52.8. The molecule has 17 heavy (non-hydrogen) atoms. The monoisotopic (exact) mass is 234 g/mol. The molecule has 0 aromatic rings. The summed E-state index contributed by atoms with van der Waals surface area (Å²) in [5.74, 6) is 4.53. The first-order valence-electron chi connectivity index (χ1n) is 7.86. The van der Waals surface area contributed by atoms with Crippen molar-refractivity contribution in [3.8, 4) is 0 Å². The maximum Gasteiger partial charge on any atom is 0.0195 e. The highest BCUT2D eigenvalue weighted by Gasteiger charge is 2.66. The molecule has 5 atom stereocenters. The summed E-state index contributed by atoms with van der Waals surface area (Å²) in [7, 11) is 0. The molecule has 96 valence electrons. The van der Waals surface area contributed by atoms with Gasteiger partial charge in [-0.05, 0) is 49.4 Å². The van der Waals surface area contributed by atoms with Gasteiger partial charge in [-0.2, -0.15) is 0 Å². The summed E-state index contributed by atoms with van der Waals surface area (Å²) in [6.45, 7) is 6.20. The van der Waals surface area contributed by atoms with Crippen molar-refractivity contribution in [2.75, 3.05) is 19.6 Å². The number of fused-ring (bicyclic) bond motifs is 5. The van der Waals surface area contributed by atoms with Crippen molar-refractivity contribution in [1.82, 2.24) is 10.2 Å². The van der Waals surface area contributed by atoms with Crippen LogP contribution in [0.5, 0.6) is 0 Å². The lowest BCUT2D eigenvalue weighted by atomic mass is 10.0. The third-order valence-corrected chi connectivity index (χ3v) is 6.04. The highest BCUT2D eigenvalue weighted by atomic mass is 15.3. The van der Waals surface area contributed by atoms with E-state index in [0.29, 0.717) is 0 Å². The Morgan fingerprint density at radius 1 is 1.18 bits per heavy atom. The lowest BCUT2D eigenvalue weighted by Gasteiger charge is -2.35. The van der Waals surface area contributed by atoms with Crippen LogP contribution in [0.15, 0.2) is 0 Å². The molecular weight excluding hydrogens is 208 g/mol. The summed E-state index contributed by atoms with van der Waals surface area (Å²) in [6.07, 6.45) is 7.41. The first-order chi connectivity index (χ1) is 8.38. The Balaban J connectivity index is 1.40. The molecule has 4 rings (SSSR count). The fourth-order valence-electron chi connectivity index (χ4n) is 5.43. The Bertz CT molecular complexity index is 285. The van der Waals surface area contributed by atoms with Gasteiger partial charge in [-0.25, -0.2) is 0 Å². The van der Waals surface area contributed by atoms with E-state index >= 15 is 0 Å². The van der Waals surface area contributed by atoms with Crippen LogP contribution < -0.4 is 5.32 Å². The Morgan fingerprint density at radius 3 is 2.65 bits per heavy atom. The molecule has 1 aliphatic heterocycles. The molecule has 4 aliphatic rings. The largest absolute Gasteiger partial charge is 0.311 e. The molecule has 3 saturated carbocycles. The van der Waals surface area contributed by atoms with Crippen molar-refractivity contribution in [2.24, 2.45) is 23.7 Å². The van der Waals surface area contributed by atoms with Gasteiger partial charge < -0.3 is 5.32 Å². The molecule has 4 fully saturated rings. The fourth-order valence-corrected chi connectivity index (χ4v) is 5.43. The van der Waals surface area contributed by atoms with Gasteiger partial charge in [-0.15, -0.1) is 0 Å². The SMILES string of the molecule is CCCC1CN(C2C3C4CCC(C4)C32)CCN1. The molecule has 2 nitrogen and oxygen atoms in total. The lowest BCUT2D eigenvalue weighted by molar-refractivity contribution is 0.159. The van der Waals surface area contributed by atoms with Crippen molar-refractivity contribution in [1.29, 1.82) is 0 Å². The molecule has 1 heterocycles. The molecule has 0 radical (unpaired) electrons. The summed E-state index contributed by atoms with van der Waals surface area (Å²) < 4.78 is 0. The Hall–Kier alpha value is -0.0800. The summed E-state index contributed by atoms with van der Waals surface area (Å²) in [4.78, 5) is 2.86. The highest BCUT2D eigenvalue weighted by Crippen LogP contribution is 2.67. The van der Waals surface area contributed by atoms with E-state index in [1.54, 1.807) is 19.3 Å². The van der Waals surface area contributed by atoms with Crippen molar-refractivity contribution in [2.45, 2.75) is 51.1 Å². The zero-order valence-corrected chi connectivity index (χ0v) is 11.1. The first-order valence-corrected chi connectivity index (χ1v) is 7.86. The lowest BCUT2D eigenvalue weighted by Crippen LogP contribution is -2.52. The minimum Gasteiger partial charge on any atom is -0.311 e. The molecule has 1 N–H and O–H groups in total. The van der Waals surface area contributed by atoms with Gasteiger partial charge in [0.2, 0.25) is 0 Å². The second-order valence-electron chi connectivity index (χ2n) is 6.91. The third-order valence-electron chi connectivity index (χ3n) is 6.04. The molecular formula is C15H26N2. The quantitative estimate of drug-likeness (QED) is 0.804. The van der Waals surface area contributed by atoms with Crippen molar-refractivity contribution in [3.63, 3.8) is 0 Å². The number of hydrogen-bond acceptors (Lipinski definition) is 2. The third kappa shape index (κ3) is 1.60. The number of piperazine rings is 1. The second-order valence-corrected chi connectivity index (χ2v) is 6.91. The van der Waals surface area contributed by atoms with Gasteiger partial charge in [0.15, 0.2) is 0 Å². The molecule has 2 bridgehead atoms. The van der Waals surface area contributed by atoms with Crippen LogP contribution in [0.25, 0.3) is 0 Å². The minimum atomic E-state index is 0.785. The van der Waals surface area contributed by atoms with Crippen LogP contribution in [0.2, 0.25) is 0 Å². The minimum absolute atomic E-state index is 0.785. The number of nitrogens with one attached hydrogen (secondary N) is 1. The van der Waals surface area contributed by atoms with Crippen LogP contribution in [0.3, 0.4) is 0 Å². The topological polar surface area (TPSA) is 15.3 Å². The van der Waals surface area contributed by atoms with E-state index in [1.165, 1.54) is 32.5 Å². The van der Waals surface area contributed by atoms with Crippen LogP contribution in [0.1, 0.15) is 39.0 Å². The van der Waals surface area contributed by atoms with Crippen molar-refractivity contribution >= 4 is 0 Å². The molecule has 1 saturated heterocycles. The Morgan fingerprint density at radius 2 is 1.94 bits per heavy atom. The fraction of sp³-hybridized carbons (Fsp3) is 1.00. The van der Waals surface area contributed by atoms with Crippen molar-refractivity contribution in [3.05, 3.63) is 0 Å². The molecule has 3 aliphatic carbocycles. The van der Waals surface area contributed by atoms with Gasteiger partial charge in [0.25, 0.3) is 0 Å². The van der Waals surface area contributed by atoms with E-state index in [0.717, 1.165) is 35.8 Å². The van der Waals surface area contributed by atoms with Gasteiger partial charge in [-0.1, -0.05) is 13.3 Å². The average molecular weight is 234 g/mol. The van der Waals surface area contributed by atoms with Gasteiger partial charge >= 0.3 is 0 Å².